The van der Waals surface area contributed by atoms with Gasteiger partial charge in [0.2, 0.25) is 5.91 Å². The van der Waals surface area contributed by atoms with Crippen LogP contribution in [0.25, 0.3) is 0 Å². The molecule has 0 radical (unpaired) electrons. The monoisotopic (exact) mass is 310 g/mol. The molecule has 4 nitrogen and oxygen atoms in total. The van der Waals surface area contributed by atoms with Crippen LogP contribution < -0.4 is 10.6 Å². The van der Waals surface area contributed by atoms with Crippen molar-refractivity contribution in [3.8, 4) is 0 Å². The Morgan fingerprint density at radius 1 is 1.24 bits per heavy atom. The van der Waals surface area contributed by atoms with Gasteiger partial charge in [-0.05, 0) is 43.6 Å². The molecule has 0 spiro atoms. The molecule has 0 aliphatic carbocycles. The van der Waals surface area contributed by atoms with Gasteiger partial charge in [-0.3, -0.25) is 9.59 Å². The highest BCUT2D eigenvalue weighted by Crippen LogP contribution is 2.08. The summed E-state index contributed by atoms with van der Waals surface area (Å²) in [6, 6.07) is 3.87. The number of nitrogens with one attached hydrogen (secondary N) is 2. The first-order valence-electron chi connectivity index (χ1n) is 7.60. The Hall–Kier alpha value is -1.36. The molecule has 1 aromatic rings. The summed E-state index contributed by atoms with van der Waals surface area (Å²) in [5.41, 5.74) is 0. The molecule has 1 atom stereocenters. The Kier molecular flexibility index (Phi) is 8.05. The zero-order valence-electron chi connectivity index (χ0n) is 13.1. The molecular formula is C16H26N2O2S. The first-order chi connectivity index (χ1) is 9.99. The van der Waals surface area contributed by atoms with E-state index < -0.39 is 0 Å². The highest BCUT2D eigenvalue weighted by molar-refractivity contribution is 7.12. The summed E-state index contributed by atoms with van der Waals surface area (Å²) in [5, 5.41) is 7.70. The van der Waals surface area contributed by atoms with Gasteiger partial charge in [0, 0.05) is 19.0 Å². The molecule has 0 fully saturated rings. The van der Waals surface area contributed by atoms with Crippen LogP contribution in [0.15, 0.2) is 17.5 Å². The van der Waals surface area contributed by atoms with E-state index in [1.807, 2.05) is 18.4 Å². The van der Waals surface area contributed by atoms with Gasteiger partial charge in [0.15, 0.2) is 0 Å². The summed E-state index contributed by atoms with van der Waals surface area (Å²) in [7, 11) is 0. The van der Waals surface area contributed by atoms with Crippen molar-refractivity contribution in [1.29, 1.82) is 0 Å². The molecule has 0 saturated heterocycles. The fourth-order valence-corrected chi connectivity index (χ4v) is 2.59. The average molecular weight is 310 g/mol. The normalized spacial score (nSPS) is 12.2. The van der Waals surface area contributed by atoms with Crippen molar-refractivity contribution in [1.82, 2.24) is 10.6 Å². The van der Waals surface area contributed by atoms with E-state index in [4.69, 9.17) is 0 Å². The van der Waals surface area contributed by atoms with Crippen LogP contribution in [0, 0.1) is 5.92 Å². The van der Waals surface area contributed by atoms with Crippen molar-refractivity contribution in [2.75, 3.05) is 6.54 Å². The van der Waals surface area contributed by atoms with E-state index in [1.165, 1.54) is 11.3 Å². The largest absolute Gasteiger partial charge is 0.354 e. The summed E-state index contributed by atoms with van der Waals surface area (Å²) in [6.07, 6.45) is 3.26. The molecule has 2 N–H and O–H groups in total. The molecule has 2 amide bonds. The molecule has 0 aliphatic heterocycles. The Bertz CT molecular complexity index is 429. The maximum Gasteiger partial charge on any atom is 0.261 e. The standard InChI is InChI=1S/C16H26N2O2S/c1-12(2)8-9-13(3)18-15(19)7-4-10-17-16(20)14-6-5-11-21-14/h5-6,11-13H,4,7-10H2,1-3H3,(H,17,20)(H,18,19). The van der Waals surface area contributed by atoms with Gasteiger partial charge in [0.05, 0.1) is 4.88 Å². The third-order valence-electron chi connectivity index (χ3n) is 3.20. The number of amides is 2. The zero-order chi connectivity index (χ0) is 15.7. The van der Waals surface area contributed by atoms with Crippen LogP contribution in [0.5, 0.6) is 0 Å². The van der Waals surface area contributed by atoms with Crippen molar-refractivity contribution in [3.05, 3.63) is 22.4 Å². The predicted octanol–water partition coefficient (Wildman–Crippen LogP) is 3.20. The lowest BCUT2D eigenvalue weighted by molar-refractivity contribution is -0.121. The van der Waals surface area contributed by atoms with Crippen molar-refractivity contribution >= 4 is 23.2 Å². The van der Waals surface area contributed by atoms with Crippen LogP contribution in [0.2, 0.25) is 0 Å². The minimum Gasteiger partial charge on any atom is -0.354 e. The second-order valence-electron chi connectivity index (χ2n) is 5.78. The van der Waals surface area contributed by atoms with Gasteiger partial charge >= 0.3 is 0 Å². The maximum atomic E-state index is 11.7. The summed E-state index contributed by atoms with van der Waals surface area (Å²) < 4.78 is 0. The van der Waals surface area contributed by atoms with E-state index in [1.54, 1.807) is 6.07 Å². The van der Waals surface area contributed by atoms with E-state index >= 15 is 0 Å². The summed E-state index contributed by atoms with van der Waals surface area (Å²) in [6.45, 7) is 6.94. The molecule has 0 saturated carbocycles. The van der Waals surface area contributed by atoms with Crippen molar-refractivity contribution in [3.63, 3.8) is 0 Å². The smallest absolute Gasteiger partial charge is 0.261 e. The average Bonchev–Trinajstić information content (AvgIpc) is 2.95. The van der Waals surface area contributed by atoms with Gasteiger partial charge in [-0.25, -0.2) is 0 Å². The van der Waals surface area contributed by atoms with Crippen molar-refractivity contribution < 1.29 is 9.59 Å². The molecule has 0 aromatic carbocycles. The van der Waals surface area contributed by atoms with Crippen LogP contribution in [0.3, 0.4) is 0 Å². The number of rotatable bonds is 9. The van der Waals surface area contributed by atoms with Crippen LogP contribution in [0.1, 0.15) is 56.1 Å². The highest BCUT2D eigenvalue weighted by Gasteiger charge is 2.09. The van der Waals surface area contributed by atoms with Gasteiger partial charge in [-0.1, -0.05) is 19.9 Å². The van der Waals surface area contributed by atoms with Gasteiger partial charge in [0.1, 0.15) is 0 Å². The van der Waals surface area contributed by atoms with Gasteiger partial charge < -0.3 is 10.6 Å². The highest BCUT2D eigenvalue weighted by atomic mass is 32.1. The van der Waals surface area contributed by atoms with Gasteiger partial charge in [-0.15, -0.1) is 11.3 Å². The minimum atomic E-state index is -0.0595. The first-order valence-corrected chi connectivity index (χ1v) is 8.48. The fraction of sp³-hybridized carbons (Fsp3) is 0.625. The number of hydrogen-bond acceptors (Lipinski definition) is 3. The Morgan fingerprint density at radius 2 is 2.00 bits per heavy atom. The third kappa shape index (κ3) is 7.85. The third-order valence-corrected chi connectivity index (χ3v) is 4.06. The molecule has 0 aliphatic rings. The predicted molar refractivity (Wildman–Crippen MR) is 87.6 cm³/mol. The number of carbonyl (C=O) groups excluding carboxylic acids is 2. The van der Waals surface area contributed by atoms with Crippen LogP contribution in [-0.2, 0) is 4.79 Å². The van der Waals surface area contributed by atoms with Gasteiger partial charge in [-0.2, -0.15) is 0 Å². The molecule has 1 aromatic heterocycles. The lowest BCUT2D eigenvalue weighted by atomic mass is 10.0. The van der Waals surface area contributed by atoms with Crippen LogP contribution in [-0.4, -0.2) is 24.4 Å². The molecule has 0 bridgehead atoms. The Labute approximate surface area is 131 Å². The first kappa shape index (κ1) is 17.7. The molecule has 5 heteroatoms. The van der Waals surface area contributed by atoms with E-state index in [0.29, 0.717) is 30.2 Å². The lowest BCUT2D eigenvalue weighted by Gasteiger charge is -2.15. The molecule has 1 unspecified atom stereocenters. The second-order valence-corrected chi connectivity index (χ2v) is 6.72. The number of carbonyl (C=O) groups is 2. The topological polar surface area (TPSA) is 58.2 Å². The lowest BCUT2D eigenvalue weighted by Crippen LogP contribution is -2.33. The molecular weight excluding hydrogens is 284 g/mol. The van der Waals surface area contributed by atoms with Crippen molar-refractivity contribution in [2.45, 2.75) is 52.5 Å². The Balaban J connectivity index is 2.09. The van der Waals surface area contributed by atoms with Crippen LogP contribution >= 0.6 is 11.3 Å². The maximum absolute atomic E-state index is 11.7. The number of thiophene rings is 1. The minimum absolute atomic E-state index is 0.0595. The molecule has 118 valence electrons. The molecule has 21 heavy (non-hydrogen) atoms. The summed E-state index contributed by atoms with van der Waals surface area (Å²) in [4.78, 5) is 24.1. The Morgan fingerprint density at radius 3 is 2.62 bits per heavy atom. The fourth-order valence-electron chi connectivity index (χ4n) is 1.95. The van der Waals surface area contributed by atoms with E-state index in [-0.39, 0.29) is 17.9 Å². The second kappa shape index (κ2) is 9.55. The van der Waals surface area contributed by atoms with Crippen LogP contribution in [0.4, 0.5) is 0 Å². The SMILES string of the molecule is CC(C)CCC(C)NC(=O)CCCNC(=O)c1cccs1. The van der Waals surface area contributed by atoms with E-state index in [9.17, 15) is 9.59 Å². The van der Waals surface area contributed by atoms with E-state index in [0.717, 1.165) is 12.8 Å². The van der Waals surface area contributed by atoms with E-state index in [2.05, 4.69) is 24.5 Å². The van der Waals surface area contributed by atoms with Gasteiger partial charge in [0.25, 0.3) is 5.91 Å². The van der Waals surface area contributed by atoms with Crippen molar-refractivity contribution in [2.24, 2.45) is 5.92 Å². The zero-order valence-corrected chi connectivity index (χ0v) is 14.0. The summed E-state index contributed by atoms with van der Waals surface area (Å²) >= 11 is 1.42. The quantitative estimate of drug-likeness (QED) is 0.688. The molecule has 1 heterocycles. The summed E-state index contributed by atoms with van der Waals surface area (Å²) in [5.74, 6) is 0.671. The molecule has 1 rings (SSSR count). The number of hydrogen-bond donors (Lipinski definition) is 2.